The van der Waals surface area contributed by atoms with Gasteiger partial charge in [0.2, 0.25) is 0 Å². The van der Waals surface area contributed by atoms with Gasteiger partial charge in [-0.3, -0.25) is 0 Å². The molecule has 216 valence electrons. The Labute approximate surface area is 239 Å². The van der Waals surface area contributed by atoms with E-state index in [-0.39, 0.29) is 23.1 Å². The van der Waals surface area contributed by atoms with Gasteiger partial charge in [0, 0.05) is 36.8 Å². The number of nitrogens with one attached hydrogen (secondary N) is 1. The average Bonchev–Trinajstić information content (AvgIpc) is 3.60. The molecule has 5 rings (SSSR count). The van der Waals surface area contributed by atoms with Gasteiger partial charge in [0.05, 0.1) is 17.1 Å². The molecule has 2 saturated heterocycles. The first-order valence-corrected chi connectivity index (χ1v) is 17.3. The number of thiophene rings is 1. The van der Waals surface area contributed by atoms with Crippen LogP contribution in [0.3, 0.4) is 0 Å². The summed E-state index contributed by atoms with van der Waals surface area (Å²) in [6.45, 7) is 1.59. The van der Waals surface area contributed by atoms with Gasteiger partial charge in [-0.2, -0.15) is 4.31 Å². The van der Waals surface area contributed by atoms with Crippen molar-refractivity contribution in [1.82, 2.24) is 9.62 Å². The quantitative estimate of drug-likeness (QED) is 0.361. The van der Waals surface area contributed by atoms with Gasteiger partial charge >= 0.3 is 0 Å². The molecule has 3 aromatic rings. The third kappa shape index (κ3) is 6.76. The fourth-order valence-corrected chi connectivity index (χ4v) is 8.71. The number of sulfonamides is 1. The van der Waals surface area contributed by atoms with Gasteiger partial charge in [-0.1, -0.05) is 36.4 Å². The number of aliphatic hydroxyl groups is 1. The van der Waals surface area contributed by atoms with E-state index in [0.717, 1.165) is 23.1 Å². The highest BCUT2D eigenvalue weighted by Crippen LogP contribution is 2.39. The van der Waals surface area contributed by atoms with Crippen LogP contribution in [-0.2, 0) is 24.6 Å². The molecule has 0 radical (unpaired) electrons. The molecule has 2 atom stereocenters. The van der Waals surface area contributed by atoms with Crippen LogP contribution in [0.5, 0.6) is 5.75 Å². The number of piperidine rings is 1. The number of hydrogen-bond acceptors (Lipinski definition) is 9. The number of aliphatic hydroxyl groups excluding tert-OH is 1. The Hall–Kier alpha value is -2.32. The van der Waals surface area contributed by atoms with Crippen molar-refractivity contribution in [3.8, 4) is 16.2 Å². The lowest BCUT2D eigenvalue weighted by Crippen LogP contribution is -2.47. The zero-order valence-electron chi connectivity index (χ0n) is 22.2. The molecular weight excluding hydrogens is 573 g/mol. The Kier molecular flexibility index (Phi) is 8.67. The van der Waals surface area contributed by atoms with Crippen molar-refractivity contribution in [2.24, 2.45) is 0 Å². The van der Waals surface area contributed by atoms with E-state index in [0.29, 0.717) is 49.0 Å². The first kappa shape index (κ1) is 29.2. The molecule has 1 unspecified atom stereocenters. The summed E-state index contributed by atoms with van der Waals surface area (Å²) in [5.41, 5.74) is 0.629. The van der Waals surface area contributed by atoms with Crippen LogP contribution in [0, 0.1) is 0 Å². The van der Waals surface area contributed by atoms with Crippen molar-refractivity contribution in [2.75, 3.05) is 39.1 Å². The Morgan fingerprint density at radius 3 is 2.55 bits per heavy atom. The molecule has 2 aromatic carbocycles. The summed E-state index contributed by atoms with van der Waals surface area (Å²) >= 11 is 1.29. The van der Waals surface area contributed by atoms with Crippen LogP contribution in [0.1, 0.15) is 19.3 Å². The topological polar surface area (TPSA) is 122 Å². The van der Waals surface area contributed by atoms with Crippen molar-refractivity contribution >= 4 is 31.2 Å². The largest absolute Gasteiger partial charge is 0.491 e. The normalized spacial score (nSPS) is 20.5. The van der Waals surface area contributed by atoms with Crippen LogP contribution in [0.2, 0.25) is 0 Å². The summed E-state index contributed by atoms with van der Waals surface area (Å²) in [5.74, 6) is 0.380. The van der Waals surface area contributed by atoms with E-state index in [1.54, 1.807) is 22.5 Å². The Bertz CT molecular complexity index is 1520. The maximum absolute atomic E-state index is 13.3. The summed E-state index contributed by atoms with van der Waals surface area (Å²) in [6.07, 6.45) is 2.31. The predicted octanol–water partition coefficient (Wildman–Crippen LogP) is 3.16. The third-order valence-electron chi connectivity index (χ3n) is 7.39. The van der Waals surface area contributed by atoms with E-state index >= 15 is 0 Å². The van der Waals surface area contributed by atoms with Crippen molar-refractivity contribution in [3.63, 3.8) is 0 Å². The molecule has 0 bridgehead atoms. The van der Waals surface area contributed by atoms with Crippen molar-refractivity contribution in [2.45, 2.75) is 46.1 Å². The van der Waals surface area contributed by atoms with Gasteiger partial charge in [-0.25, -0.2) is 16.8 Å². The zero-order chi connectivity index (χ0) is 28.4. The van der Waals surface area contributed by atoms with Crippen LogP contribution < -0.4 is 10.1 Å². The number of nitrogens with zero attached hydrogens (tertiary/aromatic N) is 1. The lowest BCUT2D eigenvalue weighted by atomic mass is 9.88. The third-order valence-corrected chi connectivity index (χ3v) is 12.0. The molecular formula is C28H34N2O7S3. The minimum Gasteiger partial charge on any atom is -0.491 e. The summed E-state index contributed by atoms with van der Waals surface area (Å²) in [6, 6.07) is 19.5. The number of hydrogen-bond donors (Lipinski definition) is 2. The minimum atomic E-state index is -3.57. The maximum Gasteiger partial charge on any atom is 0.252 e. The van der Waals surface area contributed by atoms with Gasteiger partial charge in [0.15, 0.2) is 9.84 Å². The molecule has 9 nitrogen and oxygen atoms in total. The van der Waals surface area contributed by atoms with Gasteiger partial charge in [-0.05, 0) is 55.2 Å². The SMILES string of the molecule is CS(=O)(=O)c1cccc(OC[C@@H](O)CNC2COC3(CCN(S(=O)(=O)c4ccc(-c5ccccc5)s4)CC3)C2)c1. The number of sulfone groups is 1. The Balaban J connectivity index is 1.08. The van der Waals surface area contributed by atoms with Crippen LogP contribution in [0.15, 0.2) is 75.8 Å². The second kappa shape index (κ2) is 11.9. The standard InChI is InChI=1S/C28H34N2O7S3/c1-39(32,33)25-9-5-8-24(16-25)36-20-23(31)18-29-22-17-28(37-19-22)12-14-30(15-13-28)40(34,35)27-11-10-26(38-27)21-6-3-2-4-7-21/h2-11,16,22-23,29,31H,12-15,17-20H2,1H3/t22?,23-/m0/s1. The van der Waals surface area contributed by atoms with E-state index in [1.165, 1.54) is 23.5 Å². The molecule has 2 fully saturated rings. The van der Waals surface area contributed by atoms with Crippen LogP contribution in [-0.4, -0.2) is 83.1 Å². The summed E-state index contributed by atoms with van der Waals surface area (Å²) in [5, 5.41) is 13.7. The first-order chi connectivity index (χ1) is 19.0. The molecule has 40 heavy (non-hydrogen) atoms. The van der Waals surface area contributed by atoms with E-state index in [1.807, 2.05) is 36.4 Å². The van der Waals surface area contributed by atoms with Gasteiger partial charge in [-0.15, -0.1) is 11.3 Å². The summed E-state index contributed by atoms with van der Waals surface area (Å²) < 4.78 is 63.8. The van der Waals surface area contributed by atoms with Gasteiger partial charge in [0.1, 0.15) is 22.7 Å². The second-order valence-corrected chi connectivity index (χ2v) is 15.7. The molecule has 1 aromatic heterocycles. The molecule has 2 aliphatic rings. The molecule has 2 aliphatic heterocycles. The predicted molar refractivity (Wildman–Crippen MR) is 154 cm³/mol. The first-order valence-electron chi connectivity index (χ1n) is 13.2. The highest BCUT2D eigenvalue weighted by atomic mass is 32.2. The Morgan fingerprint density at radius 1 is 1.07 bits per heavy atom. The molecule has 0 aliphatic carbocycles. The van der Waals surface area contributed by atoms with Crippen molar-refractivity contribution in [1.29, 1.82) is 0 Å². The van der Waals surface area contributed by atoms with Crippen molar-refractivity contribution < 1.29 is 31.4 Å². The lowest BCUT2D eigenvalue weighted by molar-refractivity contribution is -0.0311. The zero-order valence-corrected chi connectivity index (χ0v) is 24.7. The summed E-state index contributed by atoms with van der Waals surface area (Å²) in [4.78, 5) is 1.09. The number of ether oxygens (including phenoxy) is 2. The van der Waals surface area contributed by atoms with E-state index < -0.39 is 26.0 Å². The molecule has 12 heteroatoms. The highest BCUT2D eigenvalue weighted by molar-refractivity contribution is 7.91. The van der Waals surface area contributed by atoms with E-state index in [9.17, 15) is 21.9 Å². The average molecular weight is 607 g/mol. The van der Waals surface area contributed by atoms with Crippen LogP contribution in [0.4, 0.5) is 0 Å². The number of benzene rings is 2. The molecule has 1 spiro atoms. The smallest absolute Gasteiger partial charge is 0.252 e. The summed E-state index contributed by atoms with van der Waals surface area (Å²) in [7, 11) is -6.91. The Morgan fingerprint density at radius 2 is 1.82 bits per heavy atom. The van der Waals surface area contributed by atoms with Crippen molar-refractivity contribution in [3.05, 3.63) is 66.7 Å². The van der Waals surface area contributed by atoms with Gasteiger partial charge < -0.3 is 19.9 Å². The van der Waals surface area contributed by atoms with Gasteiger partial charge in [0.25, 0.3) is 10.0 Å². The molecule has 0 saturated carbocycles. The van der Waals surface area contributed by atoms with Crippen LogP contribution in [0.25, 0.3) is 10.4 Å². The highest BCUT2D eigenvalue weighted by Gasteiger charge is 2.45. The number of rotatable bonds is 10. The molecule has 2 N–H and O–H groups in total. The minimum absolute atomic E-state index is 0.0143. The second-order valence-electron chi connectivity index (χ2n) is 10.4. The fraction of sp³-hybridized carbons (Fsp3) is 0.429. The molecule has 3 heterocycles. The maximum atomic E-state index is 13.3. The molecule has 0 amide bonds. The van der Waals surface area contributed by atoms with E-state index in [4.69, 9.17) is 9.47 Å². The van der Waals surface area contributed by atoms with Crippen LogP contribution >= 0.6 is 11.3 Å². The lowest BCUT2D eigenvalue weighted by Gasteiger charge is -2.37. The van der Waals surface area contributed by atoms with E-state index in [2.05, 4.69) is 5.32 Å². The fourth-order valence-electron chi connectivity index (χ4n) is 5.15. The monoisotopic (exact) mass is 606 g/mol.